The van der Waals surface area contributed by atoms with E-state index < -0.39 is 0 Å². The van der Waals surface area contributed by atoms with E-state index in [9.17, 15) is 4.79 Å². The Morgan fingerprint density at radius 1 is 1.38 bits per heavy atom. The van der Waals surface area contributed by atoms with E-state index in [1.54, 1.807) is 35.9 Å². The SMILES string of the molecule is Cc1nn(CC(C)C)c(Cl)c1C(=O)Nc1cccc(Cl)c1. The summed E-state index contributed by atoms with van der Waals surface area (Å²) in [4.78, 5) is 12.4. The second-order valence-corrected chi connectivity index (χ2v) is 6.09. The maximum atomic E-state index is 12.4. The van der Waals surface area contributed by atoms with Gasteiger partial charge in [0, 0.05) is 17.3 Å². The molecule has 2 rings (SSSR count). The second kappa shape index (κ2) is 6.50. The first-order valence-corrected chi connectivity index (χ1v) is 7.44. The third-order valence-corrected chi connectivity index (χ3v) is 3.53. The van der Waals surface area contributed by atoms with E-state index in [1.165, 1.54) is 0 Å². The number of carbonyl (C=O) groups excluding carboxylic acids is 1. The maximum absolute atomic E-state index is 12.4. The minimum absolute atomic E-state index is 0.283. The van der Waals surface area contributed by atoms with Crippen molar-refractivity contribution in [2.45, 2.75) is 27.3 Å². The Bertz CT molecular complexity index is 665. The van der Waals surface area contributed by atoms with Gasteiger partial charge >= 0.3 is 0 Å². The predicted molar refractivity (Wildman–Crippen MR) is 86.2 cm³/mol. The molecule has 2 aromatic rings. The molecule has 1 heterocycles. The monoisotopic (exact) mass is 325 g/mol. The highest BCUT2D eigenvalue weighted by atomic mass is 35.5. The molecule has 1 aromatic carbocycles. The Morgan fingerprint density at radius 2 is 2.10 bits per heavy atom. The van der Waals surface area contributed by atoms with Gasteiger partial charge in [0.2, 0.25) is 0 Å². The molecule has 6 heteroatoms. The van der Waals surface area contributed by atoms with Gasteiger partial charge < -0.3 is 5.32 Å². The van der Waals surface area contributed by atoms with Crippen LogP contribution in [0.4, 0.5) is 5.69 Å². The van der Waals surface area contributed by atoms with Crippen molar-refractivity contribution in [3.63, 3.8) is 0 Å². The number of rotatable bonds is 4. The number of anilines is 1. The van der Waals surface area contributed by atoms with Crippen LogP contribution in [0.1, 0.15) is 29.9 Å². The lowest BCUT2D eigenvalue weighted by Crippen LogP contribution is -2.13. The molecule has 4 nitrogen and oxygen atoms in total. The van der Waals surface area contributed by atoms with Crippen LogP contribution in [0.5, 0.6) is 0 Å². The van der Waals surface area contributed by atoms with Crippen LogP contribution in [-0.2, 0) is 6.54 Å². The topological polar surface area (TPSA) is 46.9 Å². The minimum atomic E-state index is -0.283. The van der Waals surface area contributed by atoms with E-state index in [2.05, 4.69) is 24.3 Å². The lowest BCUT2D eigenvalue weighted by Gasteiger charge is -2.07. The van der Waals surface area contributed by atoms with Crippen LogP contribution in [0.3, 0.4) is 0 Å². The van der Waals surface area contributed by atoms with Crippen molar-refractivity contribution >= 4 is 34.8 Å². The highest BCUT2D eigenvalue weighted by Crippen LogP contribution is 2.23. The van der Waals surface area contributed by atoms with Gasteiger partial charge in [0.1, 0.15) is 5.15 Å². The van der Waals surface area contributed by atoms with Crippen LogP contribution < -0.4 is 5.32 Å². The first kappa shape index (κ1) is 15.9. The highest BCUT2D eigenvalue weighted by Gasteiger charge is 2.20. The van der Waals surface area contributed by atoms with Gasteiger partial charge in [0.15, 0.2) is 0 Å². The zero-order valence-corrected chi connectivity index (χ0v) is 13.7. The molecule has 0 aliphatic carbocycles. The first-order valence-electron chi connectivity index (χ1n) is 6.68. The highest BCUT2D eigenvalue weighted by molar-refractivity contribution is 6.34. The standard InChI is InChI=1S/C15H17Cl2N3O/c1-9(2)8-20-14(17)13(10(3)19-20)15(21)18-12-6-4-5-11(16)7-12/h4-7,9H,8H2,1-3H3,(H,18,21). The number of hydrogen-bond donors (Lipinski definition) is 1. The third kappa shape index (κ3) is 3.77. The number of benzene rings is 1. The Labute approximate surface area is 134 Å². The smallest absolute Gasteiger partial charge is 0.260 e. The summed E-state index contributed by atoms with van der Waals surface area (Å²) in [7, 11) is 0. The number of aryl methyl sites for hydroxylation is 1. The Kier molecular flexibility index (Phi) is 4.91. The fraction of sp³-hybridized carbons (Fsp3) is 0.333. The fourth-order valence-corrected chi connectivity index (χ4v) is 2.56. The van der Waals surface area contributed by atoms with Gasteiger partial charge in [-0.15, -0.1) is 0 Å². The van der Waals surface area contributed by atoms with Crippen LogP contribution in [0.15, 0.2) is 24.3 Å². The van der Waals surface area contributed by atoms with Crippen LogP contribution >= 0.6 is 23.2 Å². The van der Waals surface area contributed by atoms with Gasteiger partial charge in [-0.25, -0.2) is 0 Å². The number of halogens is 2. The largest absolute Gasteiger partial charge is 0.322 e. The van der Waals surface area contributed by atoms with E-state index in [1.807, 2.05) is 0 Å². The van der Waals surface area contributed by atoms with Gasteiger partial charge in [0.25, 0.3) is 5.91 Å². The molecule has 112 valence electrons. The lowest BCUT2D eigenvalue weighted by molar-refractivity contribution is 0.102. The molecule has 1 amide bonds. The summed E-state index contributed by atoms with van der Waals surface area (Å²) < 4.78 is 1.66. The molecule has 0 unspecified atom stereocenters. The lowest BCUT2D eigenvalue weighted by atomic mass is 10.2. The Balaban J connectivity index is 2.25. The minimum Gasteiger partial charge on any atom is -0.322 e. The molecule has 0 bridgehead atoms. The van der Waals surface area contributed by atoms with Crippen LogP contribution in [0.25, 0.3) is 0 Å². The second-order valence-electron chi connectivity index (χ2n) is 5.29. The zero-order chi connectivity index (χ0) is 15.6. The molecule has 0 saturated carbocycles. The number of amides is 1. The van der Waals surface area contributed by atoms with Crippen molar-refractivity contribution in [2.75, 3.05) is 5.32 Å². The Morgan fingerprint density at radius 3 is 2.71 bits per heavy atom. The van der Waals surface area contributed by atoms with E-state index in [-0.39, 0.29) is 5.91 Å². The molecule has 0 radical (unpaired) electrons. The van der Waals surface area contributed by atoms with Crippen molar-refractivity contribution in [2.24, 2.45) is 5.92 Å². The number of nitrogens with zero attached hydrogens (tertiary/aromatic N) is 2. The van der Waals surface area contributed by atoms with Crippen molar-refractivity contribution in [3.05, 3.63) is 45.7 Å². The molecule has 0 aliphatic heterocycles. The fourth-order valence-electron chi connectivity index (χ4n) is 2.04. The summed E-state index contributed by atoms with van der Waals surface area (Å²) in [6.07, 6.45) is 0. The average Bonchev–Trinajstić information content (AvgIpc) is 2.63. The molecular weight excluding hydrogens is 309 g/mol. The van der Waals surface area contributed by atoms with Gasteiger partial charge in [-0.05, 0) is 31.0 Å². The summed E-state index contributed by atoms with van der Waals surface area (Å²) in [5.74, 6) is 0.111. The van der Waals surface area contributed by atoms with E-state index >= 15 is 0 Å². The maximum Gasteiger partial charge on any atom is 0.260 e. The molecule has 1 N–H and O–H groups in total. The molecule has 0 fully saturated rings. The predicted octanol–water partition coefficient (Wildman–Crippen LogP) is 4.41. The van der Waals surface area contributed by atoms with E-state index in [0.717, 1.165) is 0 Å². The quantitative estimate of drug-likeness (QED) is 0.905. The number of aromatic nitrogens is 2. The van der Waals surface area contributed by atoms with Crippen LogP contribution in [0, 0.1) is 12.8 Å². The Hall–Kier alpha value is -1.52. The summed E-state index contributed by atoms with van der Waals surface area (Å²) >= 11 is 12.2. The molecule has 0 aliphatic rings. The van der Waals surface area contributed by atoms with E-state index in [0.29, 0.717) is 39.6 Å². The molecule has 0 spiro atoms. The van der Waals surface area contributed by atoms with Gasteiger partial charge in [0.05, 0.1) is 11.3 Å². The van der Waals surface area contributed by atoms with Crippen molar-refractivity contribution in [1.82, 2.24) is 9.78 Å². The molecule has 1 aromatic heterocycles. The van der Waals surface area contributed by atoms with Crippen molar-refractivity contribution in [3.8, 4) is 0 Å². The molecule has 0 saturated heterocycles. The summed E-state index contributed by atoms with van der Waals surface area (Å²) in [6, 6.07) is 6.97. The average molecular weight is 326 g/mol. The van der Waals surface area contributed by atoms with E-state index in [4.69, 9.17) is 23.2 Å². The third-order valence-electron chi connectivity index (χ3n) is 2.91. The van der Waals surface area contributed by atoms with Crippen molar-refractivity contribution < 1.29 is 4.79 Å². The summed E-state index contributed by atoms with van der Waals surface area (Å²) in [6.45, 7) is 6.58. The molecule has 21 heavy (non-hydrogen) atoms. The number of nitrogens with one attached hydrogen (secondary N) is 1. The first-order chi connectivity index (χ1) is 9.88. The van der Waals surface area contributed by atoms with Gasteiger partial charge in [-0.2, -0.15) is 5.10 Å². The summed E-state index contributed by atoms with van der Waals surface area (Å²) in [5, 5.41) is 8.04. The zero-order valence-electron chi connectivity index (χ0n) is 12.2. The van der Waals surface area contributed by atoms with Gasteiger partial charge in [-0.3, -0.25) is 9.48 Å². The van der Waals surface area contributed by atoms with Crippen LogP contribution in [-0.4, -0.2) is 15.7 Å². The van der Waals surface area contributed by atoms with Gasteiger partial charge in [-0.1, -0.05) is 43.1 Å². The van der Waals surface area contributed by atoms with Crippen molar-refractivity contribution in [1.29, 1.82) is 0 Å². The number of carbonyl (C=O) groups is 1. The number of hydrogen-bond acceptors (Lipinski definition) is 2. The summed E-state index contributed by atoms with van der Waals surface area (Å²) in [5.41, 5.74) is 1.64. The van der Waals surface area contributed by atoms with Crippen LogP contribution in [0.2, 0.25) is 10.2 Å². The normalized spacial score (nSPS) is 11.0. The molecular formula is C15H17Cl2N3O. The molecule has 0 atom stereocenters.